The van der Waals surface area contributed by atoms with Crippen LogP contribution in [0.4, 0.5) is 0 Å². The molecular weight excluding hydrogens is 320 g/mol. The van der Waals surface area contributed by atoms with Crippen molar-refractivity contribution in [2.75, 3.05) is 5.75 Å². The Hall–Kier alpha value is 0.557. The molecule has 0 saturated heterocycles. The van der Waals surface area contributed by atoms with Crippen LogP contribution >= 0.6 is 39.3 Å². The summed E-state index contributed by atoms with van der Waals surface area (Å²) in [5, 5.41) is 0.878. The molecule has 0 radical (unpaired) electrons. The highest BCUT2D eigenvalue weighted by Gasteiger charge is 2.12. The molecule has 0 atom stereocenters. The molecule has 16 heavy (non-hydrogen) atoms. The SMILES string of the molecule is C[Si](C)(C)CCSCc1cc(Br)ccc1Cl. The van der Waals surface area contributed by atoms with Gasteiger partial charge in [0.15, 0.2) is 0 Å². The third kappa shape index (κ3) is 5.76. The zero-order valence-electron chi connectivity index (χ0n) is 10.0. The molecule has 0 spiro atoms. The molecule has 1 rings (SSSR count). The van der Waals surface area contributed by atoms with Crippen LogP contribution in [0.3, 0.4) is 0 Å². The van der Waals surface area contributed by atoms with Crippen molar-refractivity contribution in [3.8, 4) is 0 Å². The standard InChI is InChI=1S/C12H18BrClSSi/c1-16(2,3)7-6-15-9-10-8-11(13)4-5-12(10)14/h4-5,8H,6-7,9H2,1-3H3. The van der Waals surface area contributed by atoms with Crippen molar-refractivity contribution in [1.82, 2.24) is 0 Å². The Morgan fingerprint density at radius 2 is 2.00 bits per heavy atom. The lowest BCUT2D eigenvalue weighted by molar-refractivity contribution is 1.34. The minimum atomic E-state index is -0.883. The van der Waals surface area contributed by atoms with Crippen LogP contribution in [0.1, 0.15) is 5.56 Å². The minimum absolute atomic E-state index is 0.878. The van der Waals surface area contributed by atoms with Crippen LogP contribution in [0.15, 0.2) is 22.7 Å². The van der Waals surface area contributed by atoms with E-state index in [1.165, 1.54) is 17.4 Å². The fourth-order valence-corrected chi connectivity index (χ4v) is 5.52. The van der Waals surface area contributed by atoms with E-state index in [9.17, 15) is 0 Å². The lowest BCUT2D eigenvalue weighted by Crippen LogP contribution is -2.19. The zero-order chi connectivity index (χ0) is 12.2. The summed E-state index contributed by atoms with van der Waals surface area (Å²) in [7, 11) is -0.883. The highest BCUT2D eigenvalue weighted by molar-refractivity contribution is 9.10. The van der Waals surface area contributed by atoms with E-state index in [0.717, 1.165) is 15.2 Å². The summed E-state index contributed by atoms with van der Waals surface area (Å²) in [6, 6.07) is 7.44. The Morgan fingerprint density at radius 3 is 2.62 bits per heavy atom. The van der Waals surface area contributed by atoms with Crippen LogP contribution in [-0.4, -0.2) is 13.8 Å². The van der Waals surface area contributed by atoms with Gasteiger partial charge < -0.3 is 0 Å². The average molecular weight is 338 g/mol. The van der Waals surface area contributed by atoms with E-state index < -0.39 is 8.07 Å². The zero-order valence-corrected chi connectivity index (χ0v) is 14.2. The van der Waals surface area contributed by atoms with Gasteiger partial charge in [0.25, 0.3) is 0 Å². The first kappa shape index (κ1) is 14.6. The van der Waals surface area contributed by atoms with Crippen molar-refractivity contribution >= 4 is 47.4 Å². The van der Waals surface area contributed by atoms with Crippen LogP contribution in [0.2, 0.25) is 30.7 Å². The van der Waals surface area contributed by atoms with Gasteiger partial charge in [0.1, 0.15) is 0 Å². The van der Waals surface area contributed by atoms with Crippen molar-refractivity contribution in [2.24, 2.45) is 0 Å². The first-order valence-corrected chi connectivity index (χ1v) is 11.4. The number of rotatable bonds is 5. The lowest BCUT2D eigenvalue weighted by Gasteiger charge is -2.15. The van der Waals surface area contributed by atoms with Gasteiger partial charge in [-0.1, -0.05) is 47.2 Å². The molecule has 0 N–H and O–H groups in total. The molecule has 0 aliphatic carbocycles. The Kier molecular flexibility index (Phi) is 5.92. The molecule has 1 aromatic rings. The number of hydrogen-bond acceptors (Lipinski definition) is 1. The summed E-state index contributed by atoms with van der Waals surface area (Å²) < 4.78 is 1.11. The maximum absolute atomic E-state index is 6.14. The van der Waals surface area contributed by atoms with Crippen molar-refractivity contribution in [2.45, 2.75) is 31.4 Å². The van der Waals surface area contributed by atoms with E-state index >= 15 is 0 Å². The van der Waals surface area contributed by atoms with E-state index in [0.29, 0.717) is 0 Å². The van der Waals surface area contributed by atoms with Crippen LogP contribution in [0.5, 0.6) is 0 Å². The van der Waals surface area contributed by atoms with Gasteiger partial charge in [-0.2, -0.15) is 11.8 Å². The lowest BCUT2D eigenvalue weighted by atomic mass is 10.2. The first-order chi connectivity index (χ1) is 7.38. The second-order valence-electron chi connectivity index (χ2n) is 5.10. The van der Waals surface area contributed by atoms with Crippen LogP contribution in [0.25, 0.3) is 0 Å². The summed E-state index contributed by atoms with van der Waals surface area (Å²) in [5.41, 5.74) is 1.23. The molecule has 0 heterocycles. The quantitative estimate of drug-likeness (QED) is 0.492. The minimum Gasteiger partial charge on any atom is -0.157 e. The van der Waals surface area contributed by atoms with E-state index in [1.807, 2.05) is 23.9 Å². The molecule has 0 amide bonds. The molecule has 0 aliphatic rings. The van der Waals surface area contributed by atoms with Gasteiger partial charge in [-0.05, 0) is 35.6 Å². The molecular formula is C12H18BrClSSi. The van der Waals surface area contributed by atoms with Crippen molar-refractivity contribution < 1.29 is 0 Å². The molecule has 0 nitrogen and oxygen atoms in total. The number of thioether (sulfide) groups is 1. The third-order valence-corrected chi connectivity index (χ3v) is 6.24. The van der Waals surface area contributed by atoms with E-state index in [1.54, 1.807) is 0 Å². The van der Waals surface area contributed by atoms with E-state index in [2.05, 4.69) is 41.6 Å². The molecule has 0 bridgehead atoms. The highest BCUT2D eigenvalue weighted by Crippen LogP contribution is 2.26. The summed E-state index contributed by atoms with van der Waals surface area (Å²) in [4.78, 5) is 0. The molecule has 0 unspecified atom stereocenters. The highest BCUT2D eigenvalue weighted by atomic mass is 79.9. The first-order valence-electron chi connectivity index (χ1n) is 5.40. The van der Waals surface area contributed by atoms with Gasteiger partial charge in [0.2, 0.25) is 0 Å². The van der Waals surface area contributed by atoms with E-state index in [-0.39, 0.29) is 0 Å². The summed E-state index contributed by atoms with van der Waals surface area (Å²) >= 11 is 11.6. The Labute approximate surface area is 117 Å². The Morgan fingerprint density at radius 1 is 1.31 bits per heavy atom. The van der Waals surface area contributed by atoms with Gasteiger partial charge in [-0.3, -0.25) is 0 Å². The predicted molar refractivity (Wildman–Crippen MR) is 83.5 cm³/mol. The smallest absolute Gasteiger partial charge is 0.0450 e. The predicted octanol–water partition coefficient (Wildman–Crippen LogP) is 5.67. The molecule has 0 aromatic heterocycles. The molecule has 1 aromatic carbocycles. The van der Waals surface area contributed by atoms with Crippen molar-refractivity contribution in [3.05, 3.63) is 33.3 Å². The molecule has 0 saturated carbocycles. The van der Waals surface area contributed by atoms with E-state index in [4.69, 9.17) is 11.6 Å². The third-order valence-electron chi connectivity index (χ3n) is 2.26. The normalized spacial score (nSPS) is 11.8. The van der Waals surface area contributed by atoms with Crippen molar-refractivity contribution in [3.63, 3.8) is 0 Å². The van der Waals surface area contributed by atoms with Crippen molar-refractivity contribution in [1.29, 1.82) is 0 Å². The molecule has 0 fully saturated rings. The van der Waals surface area contributed by atoms with Gasteiger partial charge in [-0.25, -0.2) is 0 Å². The molecule has 90 valence electrons. The van der Waals surface area contributed by atoms with Gasteiger partial charge in [0, 0.05) is 23.3 Å². The monoisotopic (exact) mass is 336 g/mol. The maximum atomic E-state index is 6.14. The second-order valence-corrected chi connectivity index (χ2v) is 13.1. The maximum Gasteiger partial charge on any atom is 0.0450 e. The number of halogens is 2. The van der Waals surface area contributed by atoms with Crippen LogP contribution in [0, 0.1) is 0 Å². The fourth-order valence-electron chi connectivity index (χ4n) is 1.21. The molecule has 4 heteroatoms. The Balaban J connectivity index is 2.40. The summed E-state index contributed by atoms with van der Waals surface area (Å²) in [6.07, 6.45) is 0. The topological polar surface area (TPSA) is 0 Å². The number of hydrogen-bond donors (Lipinski definition) is 0. The summed E-state index contributed by atoms with van der Waals surface area (Å²) in [5.74, 6) is 2.27. The fraction of sp³-hybridized carbons (Fsp3) is 0.500. The van der Waals surface area contributed by atoms with Crippen LogP contribution in [-0.2, 0) is 5.75 Å². The van der Waals surface area contributed by atoms with Gasteiger partial charge >= 0.3 is 0 Å². The molecule has 0 aliphatic heterocycles. The second kappa shape index (κ2) is 6.48. The Bertz CT molecular complexity index is 349. The largest absolute Gasteiger partial charge is 0.157 e. The summed E-state index contributed by atoms with van der Waals surface area (Å²) in [6.45, 7) is 7.25. The van der Waals surface area contributed by atoms with Gasteiger partial charge in [0.05, 0.1) is 0 Å². The average Bonchev–Trinajstić information content (AvgIpc) is 2.16. The number of benzene rings is 1. The van der Waals surface area contributed by atoms with Gasteiger partial charge in [-0.15, -0.1) is 0 Å². The van der Waals surface area contributed by atoms with Crippen LogP contribution < -0.4 is 0 Å².